The minimum atomic E-state index is 0.106. The Morgan fingerprint density at radius 1 is 0.714 bits per heavy atom. The zero-order valence-corrected chi connectivity index (χ0v) is 18.7. The van der Waals surface area contributed by atoms with Crippen LogP contribution in [0.1, 0.15) is 11.1 Å². The van der Waals surface area contributed by atoms with Crippen molar-refractivity contribution in [3.8, 4) is 23.0 Å². The van der Waals surface area contributed by atoms with Gasteiger partial charge in [-0.3, -0.25) is 0 Å². The summed E-state index contributed by atoms with van der Waals surface area (Å²) in [5, 5.41) is 20.8. The monoisotopic (exact) mass is 458 g/mol. The van der Waals surface area contributed by atoms with Crippen molar-refractivity contribution in [2.75, 3.05) is 27.3 Å². The Kier molecular flexibility index (Phi) is 7.46. The lowest BCUT2D eigenvalue weighted by Crippen LogP contribution is -2.06. The number of nitrogens with two attached hydrogens (primary N) is 2. The summed E-state index contributed by atoms with van der Waals surface area (Å²) in [5.74, 6) is 1.12. The van der Waals surface area contributed by atoms with Crippen LogP contribution in [0.15, 0.2) is 31.7 Å². The Morgan fingerprint density at radius 3 is 1.39 bits per heavy atom. The van der Waals surface area contributed by atoms with Gasteiger partial charge in [0.1, 0.15) is 0 Å². The number of rotatable bonds is 6. The second-order valence-electron chi connectivity index (χ2n) is 5.90. The average Bonchev–Trinajstić information content (AvgIpc) is 2.65. The number of aromatic hydroxyl groups is 2. The third kappa shape index (κ3) is 4.12. The van der Waals surface area contributed by atoms with Crippen molar-refractivity contribution >= 4 is 43.2 Å². The topological polar surface area (TPSA) is 111 Å². The van der Waals surface area contributed by atoms with Gasteiger partial charge in [-0.1, -0.05) is 21.6 Å². The molecule has 0 atom stereocenters. The second kappa shape index (κ2) is 9.64. The maximum Gasteiger partial charge on any atom is 0.176 e. The molecule has 0 bridgehead atoms. The van der Waals surface area contributed by atoms with Gasteiger partial charge in [0.05, 0.1) is 24.0 Å². The van der Waals surface area contributed by atoms with Crippen LogP contribution in [0, 0.1) is 0 Å². The molecule has 28 heavy (non-hydrogen) atoms. The molecule has 0 radical (unpaired) electrons. The fraction of sp³-hybridized carbons (Fsp3) is 0.333. The first-order chi connectivity index (χ1) is 13.5. The predicted molar refractivity (Wildman–Crippen MR) is 118 cm³/mol. The van der Waals surface area contributed by atoms with Crippen molar-refractivity contribution in [3.63, 3.8) is 0 Å². The minimum absolute atomic E-state index is 0.106. The molecular weight excluding hydrogens is 436 g/mol. The first-order valence-electron chi connectivity index (χ1n) is 8.50. The van der Waals surface area contributed by atoms with Crippen molar-refractivity contribution in [3.05, 3.63) is 23.3 Å². The number of benzene rings is 2. The van der Waals surface area contributed by atoms with E-state index < -0.39 is 0 Å². The fourth-order valence-corrected chi connectivity index (χ4v) is 9.28. The molecule has 0 saturated carbocycles. The quantitative estimate of drug-likeness (QED) is 0.473. The van der Waals surface area contributed by atoms with Gasteiger partial charge in [0, 0.05) is 9.79 Å². The van der Waals surface area contributed by atoms with E-state index in [-0.39, 0.29) is 11.5 Å². The van der Waals surface area contributed by atoms with Crippen LogP contribution >= 0.6 is 43.2 Å². The van der Waals surface area contributed by atoms with Crippen LogP contribution in [0.2, 0.25) is 0 Å². The van der Waals surface area contributed by atoms with Gasteiger partial charge in [-0.05, 0) is 70.8 Å². The molecule has 0 amide bonds. The highest BCUT2D eigenvalue weighted by Crippen LogP contribution is 2.61. The van der Waals surface area contributed by atoms with Crippen LogP contribution in [0.3, 0.4) is 0 Å². The summed E-state index contributed by atoms with van der Waals surface area (Å²) in [6.07, 6.45) is 1.28. The second-order valence-corrected chi connectivity index (χ2v) is 10.2. The third-order valence-corrected chi connectivity index (χ3v) is 9.45. The molecule has 6 N–H and O–H groups in total. The van der Waals surface area contributed by atoms with Gasteiger partial charge < -0.3 is 31.2 Å². The first-order valence-corrected chi connectivity index (χ1v) is 12.8. The minimum Gasteiger partial charge on any atom is -0.504 e. The molecular formula is C18H22N2O4S4. The van der Waals surface area contributed by atoms with Gasteiger partial charge in [-0.2, -0.15) is 0 Å². The Hall–Kier alpha value is -1.04. The third-order valence-electron chi connectivity index (χ3n) is 4.15. The van der Waals surface area contributed by atoms with Crippen molar-refractivity contribution < 1.29 is 19.7 Å². The molecule has 10 heteroatoms. The largest absolute Gasteiger partial charge is 0.504 e. The van der Waals surface area contributed by atoms with Gasteiger partial charge in [0.2, 0.25) is 0 Å². The van der Waals surface area contributed by atoms with Crippen LogP contribution in [-0.2, 0) is 12.8 Å². The van der Waals surface area contributed by atoms with E-state index in [9.17, 15) is 10.2 Å². The smallest absolute Gasteiger partial charge is 0.176 e. The summed E-state index contributed by atoms with van der Waals surface area (Å²) < 4.78 is 11.0. The van der Waals surface area contributed by atoms with E-state index in [0.717, 1.165) is 30.7 Å². The van der Waals surface area contributed by atoms with E-state index in [2.05, 4.69) is 0 Å². The normalized spacial score (nSPS) is 13.3. The molecule has 0 spiro atoms. The highest BCUT2D eigenvalue weighted by molar-refractivity contribution is 8.79. The molecule has 2 aromatic rings. The highest BCUT2D eigenvalue weighted by atomic mass is 33.1. The van der Waals surface area contributed by atoms with Crippen LogP contribution in [0.25, 0.3) is 0 Å². The van der Waals surface area contributed by atoms with E-state index in [0.29, 0.717) is 37.4 Å². The lowest BCUT2D eigenvalue weighted by atomic mass is 10.1. The SMILES string of the molecule is COc1c(O)cc(CCN)c2c1SSc1c(CCN)cc(O)c(OC)c1SS2. The van der Waals surface area contributed by atoms with Crippen LogP contribution < -0.4 is 20.9 Å². The Labute approximate surface area is 179 Å². The van der Waals surface area contributed by atoms with Crippen LogP contribution in [0.4, 0.5) is 0 Å². The van der Waals surface area contributed by atoms with Crippen molar-refractivity contribution in [2.24, 2.45) is 11.5 Å². The molecule has 0 aliphatic carbocycles. The van der Waals surface area contributed by atoms with Gasteiger partial charge in [0.15, 0.2) is 23.0 Å². The standard InChI is InChI=1S/C18H22N2O4S4/c1-23-13-11(21)7-9(3-5-19)15-17(13)27-26-16-10(4-6-20)8-12(22)14(24-2)18(16)28-25-15/h7-8,21-22H,3-6,19-20H2,1-2H3. The number of methoxy groups -OCH3 is 2. The Balaban J connectivity index is 2.14. The number of ether oxygens (including phenoxy) is 2. The van der Waals surface area contributed by atoms with Crippen molar-refractivity contribution in [2.45, 2.75) is 32.4 Å². The molecule has 0 fully saturated rings. The number of phenolic OH excluding ortho intramolecular Hbond substituents is 2. The zero-order valence-electron chi connectivity index (χ0n) is 15.5. The van der Waals surface area contributed by atoms with E-state index in [1.807, 2.05) is 0 Å². The van der Waals surface area contributed by atoms with E-state index in [4.69, 9.17) is 20.9 Å². The molecule has 1 heterocycles. The number of fused-ring (bicyclic) bond motifs is 2. The summed E-state index contributed by atoms with van der Waals surface area (Å²) in [5.41, 5.74) is 13.5. The first kappa shape index (κ1) is 21.7. The average molecular weight is 459 g/mol. The summed E-state index contributed by atoms with van der Waals surface area (Å²) in [6.45, 7) is 0.950. The van der Waals surface area contributed by atoms with E-state index in [1.165, 1.54) is 21.6 Å². The van der Waals surface area contributed by atoms with Crippen LogP contribution in [0.5, 0.6) is 23.0 Å². The molecule has 0 saturated heterocycles. The van der Waals surface area contributed by atoms with Crippen molar-refractivity contribution in [1.29, 1.82) is 0 Å². The molecule has 0 aromatic heterocycles. The number of hydrogen-bond donors (Lipinski definition) is 4. The van der Waals surface area contributed by atoms with E-state index >= 15 is 0 Å². The number of hydrogen-bond acceptors (Lipinski definition) is 10. The maximum absolute atomic E-state index is 10.4. The van der Waals surface area contributed by atoms with Crippen LogP contribution in [-0.4, -0.2) is 37.5 Å². The Morgan fingerprint density at radius 2 is 1.07 bits per heavy atom. The molecule has 2 aromatic carbocycles. The Bertz CT molecular complexity index is 808. The summed E-state index contributed by atoms with van der Waals surface area (Å²) >= 11 is 0. The lowest BCUT2D eigenvalue weighted by Gasteiger charge is -2.23. The van der Waals surface area contributed by atoms with E-state index in [1.54, 1.807) is 47.9 Å². The molecule has 6 nitrogen and oxygen atoms in total. The summed E-state index contributed by atoms with van der Waals surface area (Å²) in [4.78, 5) is 3.73. The summed E-state index contributed by atoms with van der Waals surface area (Å²) in [7, 11) is 9.23. The lowest BCUT2D eigenvalue weighted by molar-refractivity contribution is 0.361. The molecule has 3 rings (SSSR count). The fourth-order valence-electron chi connectivity index (χ4n) is 2.90. The molecule has 1 aliphatic rings. The zero-order chi connectivity index (χ0) is 20.3. The van der Waals surface area contributed by atoms with Gasteiger partial charge in [0.25, 0.3) is 0 Å². The highest BCUT2D eigenvalue weighted by Gasteiger charge is 2.27. The number of phenols is 2. The van der Waals surface area contributed by atoms with Gasteiger partial charge >= 0.3 is 0 Å². The van der Waals surface area contributed by atoms with Crippen molar-refractivity contribution in [1.82, 2.24) is 0 Å². The molecule has 0 unspecified atom stereocenters. The van der Waals surface area contributed by atoms with Gasteiger partial charge in [-0.25, -0.2) is 0 Å². The van der Waals surface area contributed by atoms with Gasteiger partial charge in [-0.15, -0.1) is 0 Å². The molecule has 1 aliphatic heterocycles. The maximum atomic E-state index is 10.4. The predicted octanol–water partition coefficient (Wildman–Crippen LogP) is 4.03. The summed E-state index contributed by atoms with van der Waals surface area (Å²) in [6, 6.07) is 3.43. The molecule has 152 valence electrons.